The maximum atomic E-state index is 13.1. The van der Waals surface area contributed by atoms with Crippen LogP contribution in [0.3, 0.4) is 0 Å². The first kappa shape index (κ1) is 15.9. The number of allylic oxidation sites excluding steroid dienone is 1. The normalized spacial score (nSPS) is 12.3. The zero-order valence-corrected chi connectivity index (χ0v) is 9.65. The van der Waals surface area contributed by atoms with Crippen molar-refractivity contribution in [1.82, 2.24) is 0 Å². The molecule has 0 atom stereocenters. The molecule has 0 N–H and O–H groups in total. The van der Waals surface area contributed by atoms with Gasteiger partial charge in [-0.3, -0.25) is 0 Å². The van der Waals surface area contributed by atoms with E-state index in [0.717, 1.165) is 0 Å². The van der Waals surface area contributed by atoms with Crippen molar-refractivity contribution >= 4 is 5.97 Å². The standard InChI is InChI=1S/C11H16F4O2/c1-3-5-6-7-8-10(12,13)11(14,15)9(16)17-4-2/h3H,1,4-8H2,2H3. The minimum absolute atomic E-state index is 0.103. The van der Waals surface area contributed by atoms with Crippen LogP contribution in [0.25, 0.3) is 0 Å². The average molecular weight is 256 g/mol. The molecule has 0 aliphatic rings. The molecule has 0 unspecified atom stereocenters. The second-order valence-corrected chi connectivity index (χ2v) is 3.53. The second kappa shape index (κ2) is 6.61. The van der Waals surface area contributed by atoms with E-state index in [0.29, 0.717) is 12.8 Å². The van der Waals surface area contributed by atoms with Crippen LogP contribution in [0.2, 0.25) is 0 Å². The van der Waals surface area contributed by atoms with E-state index in [-0.39, 0.29) is 13.0 Å². The number of hydrogen-bond acceptors (Lipinski definition) is 2. The third kappa shape index (κ3) is 4.36. The smallest absolute Gasteiger partial charge is 0.404 e. The molecule has 17 heavy (non-hydrogen) atoms. The van der Waals surface area contributed by atoms with Crippen molar-refractivity contribution in [2.24, 2.45) is 0 Å². The van der Waals surface area contributed by atoms with Crippen molar-refractivity contribution < 1.29 is 27.1 Å². The highest BCUT2D eigenvalue weighted by molar-refractivity contribution is 5.78. The fourth-order valence-electron chi connectivity index (χ4n) is 1.16. The first-order valence-corrected chi connectivity index (χ1v) is 5.33. The van der Waals surface area contributed by atoms with Gasteiger partial charge in [-0.25, -0.2) is 4.79 Å². The van der Waals surface area contributed by atoms with Crippen LogP contribution in [0.1, 0.15) is 32.6 Å². The predicted octanol–water partition coefficient (Wildman–Crippen LogP) is 3.57. The fraction of sp³-hybridized carbons (Fsp3) is 0.727. The topological polar surface area (TPSA) is 26.3 Å². The van der Waals surface area contributed by atoms with Crippen molar-refractivity contribution in [2.75, 3.05) is 6.61 Å². The third-order valence-electron chi connectivity index (χ3n) is 2.14. The molecule has 0 rings (SSSR count). The predicted molar refractivity (Wildman–Crippen MR) is 55.2 cm³/mol. The fourth-order valence-corrected chi connectivity index (χ4v) is 1.16. The lowest BCUT2D eigenvalue weighted by Gasteiger charge is -2.24. The molecule has 0 heterocycles. The second-order valence-electron chi connectivity index (χ2n) is 3.53. The van der Waals surface area contributed by atoms with E-state index in [1.165, 1.54) is 13.0 Å². The Kier molecular flexibility index (Phi) is 6.20. The SMILES string of the molecule is C=CCCCCC(F)(F)C(F)(F)C(=O)OCC. The molecule has 0 bridgehead atoms. The quantitative estimate of drug-likeness (QED) is 0.287. The van der Waals surface area contributed by atoms with Gasteiger partial charge in [-0.2, -0.15) is 17.6 Å². The van der Waals surface area contributed by atoms with E-state index < -0.39 is 24.2 Å². The largest absolute Gasteiger partial charge is 0.461 e. The third-order valence-corrected chi connectivity index (χ3v) is 2.14. The van der Waals surface area contributed by atoms with Gasteiger partial charge in [-0.05, 0) is 26.2 Å². The highest BCUT2D eigenvalue weighted by Gasteiger charge is 2.62. The maximum absolute atomic E-state index is 13.1. The van der Waals surface area contributed by atoms with Crippen LogP contribution in [0.4, 0.5) is 17.6 Å². The van der Waals surface area contributed by atoms with Crippen molar-refractivity contribution in [3.63, 3.8) is 0 Å². The zero-order chi connectivity index (χ0) is 13.5. The lowest BCUT2D eigenvalue weighted by Crippen LogP contribution is -2.48. The van der Waals surface area contributed by atoms with Gasteiger partial charge in [-0.1, -0.05) is 6.08 Å². The maximum Gasteiger partial charge on any atom is 0.404 e. The number of rotatable bonds is 8. The van der Waals surface area contributed by atoms with Gasteiger partial charge in [0.15, 0.2) is 0 Å². The number of unbranched alkanes of at least 4 members (excludes halogenated alkanes) is 2. The summed E-state index contributed by atoms with van der Waals surface area (Å²) >= 11 is 0. The van der Waals surface area contributed by atoms with Gasteiger partial charge >= 0.3 is 17.8 Å². The lowest BCUT2D eigenvalue weighted by atomic mass is 10.0. The number of halogens is 4. The molecule has 0 saturated heterocycles. The number of hydrogen-bond donors (Lipinski definition) is 0. The summed E-state index contributed by atoms with van der Waals surface area (Å²) in [6.07, 6.45) is 1.17. The number of carbonyl (C=O) groups excluding carboxylic acids is 1. The Balaban J connectivity index is 4.44. The molecule has 100 valence electrons. The number of carbonyl (C=O) groups is 1. The van der Waals surface area contributed by atoms with E-state index >= 15 is 0 Å². The summed E-state index contributed by atoms with van der Waals surface area (Å²) in [7, 11) is 0. The van der Waals surface area contributed by atoms with Gasteiger partial charge in [0.2, 0.25) is 0 Å². The Morgan fingerprint density at radius 2 is 1.88 bits per heavy atom. The Labute approximate surface area is 97.6 Å². The summed E-state index contributed by atoms with van der Waals surface area (Å²) in [5, 5.41) is 0. The number of esters is 1. The Morgan fingerprint density at radius 3 is 2.35 bits per heavy atom. The van der Waals surface area contributed by atoms with Crippen molar-refractivity contribution in [1.29, 1.82) is 0 Å². The van der Waals surface area contributed by atoms with E-state index in [4.69, 9.17) is 0 Å². The highest BCUT2D eigenvalue weighted by Crippen LogP contribution is 2.39. The summed E-state index contributed by atoms with van der Waals surface area (Å²) in [4.78, 5) is 10.7. The monoisotopic (exact) mass is 256 g/mol. The van der Waals surface area contributed by atoms with Crippen molar-refractivity contribution in [3.05, 3.63) is 12.7 Å². The van der Waals surface area contributed by atoms with Crippen LogP contribution in [0, 0.1) is 0 Å². The average Bonchev–Trinajstić information content (AvgIpc) is 2.24. The van der Waals surface area contributed by atoms with Gasteiger partial charge in [-0.15, -0.1) is 6.58 Å². The summed E-state index contributed by atoms with van der Waals surface area (Å²) in [6, 6.07) is 0. The van der Waals surface area contributed by atoms with Crippen LogP contribution in [0.15, 0.2) is 12.7 Å². The van der Waals surface area contributed by atoms with Crippen LogP contribution in [0.5, 0.6) is 0 Å². The van der Waals surface area contributed by atoms with Crippen LogP contribution in [-0.2, 0) is 9.53 Å². The van der Waals surface area contributed by atoms with Crippen molar-refractivity contribution in [3.8, 4) is 0 Å². The van der Waals surface area contributed by atoms with E-state index in [2.05, 4.69) is 11.3 Å². The van der Waals surface area contributed by atoms with Crippen LogP contribution >= 0.6 is 0 Å². The summed E-state index contributed by atoms with van der Waals surface area (Å²) in [6.45, 7) is 4.30. The van der Waals surface area contributed by atoms with Gasteiger partial charge in [0.1, 0.15) is 0 Å². The molecule has 2 nitrogen and oxygen atoms in total. The molecular formula is C11H16F4O2. The lowest BCUT2D eigenvalue weighted by molar-refractivity contribution is -0.230. The van der Waals surface area contributed by atoms with Crippen LogP contribution < -0.4 is 0 Å². The number of alkyl halides is 4. The molecule has 0 aromatic heterocycles. The van der Waals surface area contributed by atoms with Gasteiger partial charge in [0.25, 0.3) is 0 Å². The summed E-state index contributed by atoms with van der Waals surface area (Å²) < 4.78 is 56.3. The Bertz CT molecular complexity index is 264. The Hall–Kier alpha value is -1.07. The molecule has 0 aliphatic heterocycles. The zero-order valence-electron chi connectivity index (χ0n) is 9.65. The molecule has 0 spiro atoms. The molecule has 0 aromatic rings. The first-order valence-electron chi connectivity index (χ1n) is 5.33. The first-order chi connectivity index (χ1) is 7.79. The minimum Gasteiger partial charge on any atom is -0.461 e. The van der Waals surface area contributed by atoms with E-state index in [9.17, 15) is 22.4 Å². The van der Waals surface area contributed by atoms with Gasteiger partial charge in [0.05, 0.1) is 6.61 Å². The molecule has 6 heteroatoms. The molecule has 0 aliphatic carbocycles. The molecular weight excluding hydrogens is 240 g/mol. The molecule has 0 saturated carbocycles. The molecule has 0 radical (unpaired) electrons. The minimum atomic E-state index is -4.77. The van der Waals surface area contributed by atoms with E-state index in [1.807, 2.05) is 0 Å². The van der Waals surface area contributed by atoms with E-state index in [1.54, 1.807) is 0 Å². The molecule has 0 fully saturated rings. The molecule has 0 amide bonds. The summed E-state index contributed by atoms with van der Waals surface area (Å²) in [5.41, 5.74) is 0. The Morgan fingerprint density at radius 1 is 1.29 bits per heavy atom. The number of ether oxygens (including phenoxy) is 1. The van der Waals surface area contributed by atoms with Crippen molar-refractivity contribution in [2.45, 2.75) is 44.5 Å². The molecule has 0 aromatic carbocycles. The summed E-state index contributed by atoms with van der Waals surface area (Å²) in [5.74, 6) is -11.3. The van der Waals surface area contributed by atoms with Crippen LogP contribution in [-0.4, -0.2) is 24.4 Å². The van der Waals surface area contributed by atoms with Gasteiger partial charge in [0, 0.05) is 6.42 Å². The highest BCUT2D eigenvalue weighted by atomic mass is 19.3. The van der Waals surface area contributed by atoms with Gasteiger partial charge < -0.3 is 4.74 Å².